The monoisotopic (exact) mass is 337 g/mol. The molecule has 1 N–H and O–H groups in total. The highest BCUT2D eigenvalue weighted by Crippen LogP contribution is 2.32. The van der Waals surface area contributed by atoms with Gasteiger partial charge in [0.25, 0.3) is 5.56 Å². The van der Waals surface area contributed by atoms with Crippen LogP contribution in [0.5, 0.6) is 0 Å². The fourth-order valence-corrected chi connectivity index (χ4v) is 3.67. The molecule has 0 aliphatic heterocycles. The van der Waals surface area contributed by atoms with Gasteiger partial charge in [0.15, 0.2) is 0 Å². The molecular formula is C20H23N3O2. The zero-order chi connectivity index (χ0) is 17.2. The van der Waals surface area contributed by atoms with Crippen molar-refractivity contribution in [1.29, 1.82) is 0 Å². The van der Waals surface area contributed by atoms with Crippen molar-refractivity contribution < 1.29 is 4.79 Å². The van der Waals surface area contributed by atoms with Gasteiger partial charge in [-0.2, -0.15) is 0 Å². The number of amides is 1. The van der Waals surface area contributed by atoms with E-state index in [4.69, 9.17) is 0 Å². The van der Waals surface area contributed by atoms with Crippen molar-refractivity contribution in [2.45, 2.75) is 51.1 Å². The Morgan fingerprint density at radius 2 is 2.12 bits per heavy atom. The molecule has 130 valence electrons. The van der Waals surface area contributed by atoms with E-state index in [0.29, 0.717) is 18.9 Å². The molecule has 2 heterocycles. The lowest BCUT2D eigenvalue weighted by Crippen LogP contribution is -2.40. The Morgan fingerprint density at radius 3 is 2.88 bits per heavy atom. The number of hydrogen-bond donors (Lipinski definition) is 1. The molecule has 0 bridgehead atoms. The van der Waals surface area contributed by atoms with E-state index >= 15 is 0 Å². The number of nitrogens with one attached hydrogen (secondary N) is 1. The first-order valence-corrected chi connectivity index (χ1v) is 9.09. The van der Waals surface area contributed by atoms with Gasteiger partial charge in [0.05, 0.1) is 6.54 Å². The van der Waals surface area contributed by atoms with Gasteiger partial charge in [-0.1, -0.05) is 12.1 Å². The van der Waals surface area contributed by atoms with Crippen molar-refractivity contribution in [3.05, 3.63) is 63.8 Å². The molecule has 0 radical (unpaired) electrons. The maximum atomic E-state index is 12.4. The summed E-state index contributed by atoms with van der Waals surface area (Å²) < 4.78 is 1.86. The molecule has 2 aliphatic rings. The Balaban J connectivity index is 1.50. The highest BCUT2D eigenvalue weighted by atomic mass is 16.1. The third kappa shape index (κ3) is 3.81. The first-order chi connectivity index (χ1) is 12.2. The van der Waals surface area contributed by atoms with E-state index in [-0.39, 0.29) is 17.5 Å². The average Bonchev–Trinajstić information content (AvgIpc) is 3.42. The van der Waals surface area contributed by atoms with E-state index in [0.717, 1.165) is 30.5 Å². The molecule has 5 heteroatoms. The Bertz CT molecular complexity index is 825. The number of fused-ring (bicyclic) bond motifs is 1. The van der Waals surface area contributed by atoms with Crippen molar-refractivity contribution in [1.82, 2.24) is 14.9 Å². The van der Waals surface area contributed by atoms with Gasteiger partial charge in [-0.05, 0) is 55.2 Å². The summed E-state index contributed by atoms with van der Waals surface area (Å²) in [6, 6.07) is 7.63. The normalized spacial score (nSPS) is 19.3. The molecule has 1 fully saturated rings. The van der Waals surface area contributed by atoms with Crippen LogP contribution in [0.1, 0.15) is 42.5 Å². The SMILES string of the molecule is O=C(CC1CC1)NC1CCc2c(ccc(=O)n2Cc2cccnc2)C1. The molecule has 5 nitrogen and oxygen atoms in total. The van der Waals surface area contributed by atoms with Crippen molar-refractivity contribution in [3.8, 4) is 0 Å². The fourth-order valence-electron chi connectivity index (χ4n) is 3.67. The second-order valence-electron chi connectivity index (χ2n) is 7.25. The lowest BCUT2D eigenvalue weighted by molar-refractivity contribution is -0.122. The second-order valence-corrected chi connectivity index (χ2v) is 7.25. The van der Waals surface area contributed by atoms with E-state index in [1.54, 1.807) is 18.5 Å². The molecule has 2 aliphatic carbocycles. The Kier molecular flexibility index (Phi) is 4.38. The van der Waals surface area contributed by atoms with Crippen LogP contribution in [-0.2, 0) is 24.2 Å². The van der Waals surface area contributed by atoms with Crippen molar-refractivity contribution >= 4 is 5.91 Å². The van der Waals surface area contributed by atoms with Crippen LogP contribution in [0.25, 0.3) is 0 Å². The predicted octanol–water partition coefficient (Wildman–Crippen LogP) is 2.07. The van der Waals surface area contributed by atoms with Gasteiger partial charge in [-0.3, -0.25) is 14.6 Å². The Morgan fingerprint density at radius 1 is 1.24 bits per heavy atom. The fraction of sp³-hybridized carbons (Fsp3) is 0.450. The summed E-state index contributed by atoms with van der Waals surface area (Å²) in [6.45, 7) is 0.550. The predicted molar refractivity (Wildman–Crippen MR) is 95.3 cm³/mol. The minimum Gasteiger partial charge on any atom is -0.353 e. The number of hydrogen-bond acceptors (Lipinski definition) is 3. The number of carbonyl (C=O) groups excluding carboxylic acids is 1. The molecule has 1 atom stereocenters. The van der Waals surface area contributed by atoms with Crippen molar-refractivity contribution in [2.24, 2.45) is 5.92 Å². The lowest BCUT2D eigenvalue weighted by atomic mass is 9.91. The molecule has 4 rings (SSSR count). The maximum Gasteiger partial charge on any atom is 0.251 e. The number of nitrogens with zero attached hydrogens (tertiary/aromatic N) is 2. The first-order valence-electron chi connectivity index (χ1n) is 9.09. The zero-order valence-electron chi connectivity index (χ0n) is 14.3. The number of aromatic nitrogens is 2. The lowest BCUT2D eigenvalue weighted by Gasteiger charge is -2.27. The molecule has 0 spiro atoms. The average molecular weight is 337 g/mol. The Labute approximate surface area is 147 Å². The van der Waals surface area contributed by atoms with Crippen LogP contribution in [-0.4, -0.2) is 21.5 Å². The van der Waals surface area contributed by atoms with Crippen molar-refractivity contribution in [2.75, 3.05) is 0 Å². The summed E-state index contributed by atoms with van der Waals surface area (Å²) in [5.74, 6) is 0.792. The molecule has 2 aromatic heterocycles. The highest BCUT2D eigenvalue weighted by Gasteiger charge is 2.27. The van der Waals surface area contributed by atoms with Crippen LogP contribution in [0, 0.1) is 5.92 Å². The summed E-state index contributed by atoms with van der Waals surface area (Å²) in [6.07, 6.45) is 9.11. The summed E-state index contributed by atoms with van der Waals surface area (Å²) >= 11 is 0. The summed E-state index contributed by atoms with van der Waals surface area (Å²) in [5, 5.41) is 3.18. The van der Waals surface area contributed by atoms with Gasteiger partial charge < -0.3 is 9.88 Å². The topological polar surface area (TPSA) is 64.0 Å². The molecule has 1 amide bonds. The van der Waals surface area contributed by atoms with Crippen LogP contribution >= 0.6 is 0 Å². The van der Waals surface area contributed by atoms with Gasteiger partial charge in [-0.15, -0.1) is 0 Å². The molecule has 0 saturated heterocycles. The minimum atomic E-state index is 0.0267. The highest BCUT2D eigenvalue weighted by molar-refractivity contribution is 5.76. The van der Waals surface area contributed by atoms with Gasteiger partial charge in [-0.25, -0.2) is 0 Å². The van der Waals surface area contributed by atoms with Gasteiger partial charge in [0.2, 0.25) is 5.91 Å². The van der Waals surface area contributed by atoms with Crippen LogP contribution in [0.2, 0.25) is 0 Å². The van der Waals surface area contributed by atoms with Gasteiger partial charge in [0, 0.05) is 36.6 Å². The standard InChI is InChI=1S/C20H23N3O2/c24-19(10-14-3-4-14)22-17-6-7-18-16(11-17)5-8-20(25)23(18)13-15-2-1-9-21-12-15/h1-2,5,8-9,12,14,17H,3-4,6-7,10-11,13H2,(H,22,24). The molecule has 0 aromatic carbocycles. The summed E-state index contributed by atoms with van der Waals surface area (Å²) in [4.78, 5) is 28.6. The molecular weight excluding hydrogens is 314 g/mol. The third-order valence-electron chi connectivity index (χ3n) is 5.19. The van der Waals surface area contributed by atoms with E-state index in [1.807, 2.05) is 22.8 Å². The van der Waals surface area contributed by atoms with Crippen LogP contribution in [0.4, 0.5) is 0 Å². The second kappa shape index (κ2) is 6.82. The maximum absolute atomic E-state index is 12.4. The van der Waals surface area contributed by atoms with Crippen LogP contribution < -0.4 is 10.9 Å². The van der Waals surface area contributed by atoms with Crippen molar-refractivity contribution in [3.63, 3.8) is 0 Å². The minimum absolute atomic E-state index is 0.0267. The largest absolute Gasteiger partial charge is 0.353 e. The van der Waals surface area contributed by atoms with E-state index < -0.39 is 0 Å². The summed E-state index contributed by atoms with van der Waals surface area (Å²) in [5.41, 5.74) is 3.33. The van der Waals surface area contributed by atoms with E-state index in [9.17, 15) is 9.59 Å². The van der Waals surface area contributed by atoms with Gasteiger partial charge in [0.1, 0.15) is 0 Å². The molecule has 1 saturated carbocycles. The van der Waals surface area contributed by atoms with Crippen LogP contribution in [0.3, 0.4) is 0 Å². The molecule has 1 unspecified atom stereocenters. The van der Waals surface area contributed by atoms with E-state index in [1.165, 1.54) is 18.4 Å². The Hall–Kier alpha value is -2.43. The van der Waals surface area contributed by atoms with E-state index in [2.05, 4.69) is 10.3 Å². The third-order valence-corrected chi connectivity index (χ3v) is 5.19. The molecule has 25 heavy (non-hydrogen) atoms. The molecule has 2 aromatic rings. The number of rotatable bonds is 5. The number of pyridine rings is 2. The van der Waals surface area contributed by atoms with Gasteiger partial charge >= 0.3 is 0 Å². The smallest absolute Gasteiger partial charge is 0.251 e. The summed E-state index contributed by atoms with van der Waals surface area (Å²) in [7, 11) is 0. The van der Waals surface area contributed by atoms with Crippen LogP contribution in [0.15, 0.2) is 41.5 Å². The zero-order valence-corrected chi connectivity index (χ0v) is 14.3. The first kappa shape index (κ1) is 16.1. The number of carbonyl (C=O) groups is 1. The quantitative estimate of drug-likeness (QED) is 0.908.